The van der Waals surface area contributed by atoms with Gasteiger partial charge in [0.1, 0.15) is 12.3 Å². The Morgan fingerprint density at radius 3 is 2.68 bits per heavy atom. The van der Waals surface area contributed by atoms with E-state index < -0.39 is 0 Å². The second kappa shape index (κ2) is 12.6. The van der Waals surface area contributed by atoms with Gasteiger partial charge in [0.15, 0.2) is 5.96 Å². The first kappa shape index (κ1) is 24.2. The van der Waals surface area contributed by atoms with Gasteiger partial charge in [0.2, 0.25) is 5.91 Å². The van der Waals surface area contributed by atoms with Crippen LogP contribution in [0.3, 0.4) is 0 Å². The molecule has 31 heavy (non-hydrogen) atoms. The van der Waals surface area contributed by atoms with Gasteiger partial charge in [-0.1, -0.05) is 24.3 Å². The third-order valence-corrected chi connectivity index (χ3v) is 4.39. The van der Waals surface area contributed by atoms with E-state index in [1.165, 1.54) is 5.56 Å². The van der Waals surface area contributed by atoms with Gasteiger partial charge in [-0.2, -0.15) is 5.10 Å². The van der Waals surface area contributed by atoms with Gasteiger partial charge in [0, 0.05) is 24.6 Å². The number of nitrogens with two attached hydrogens (primary N) is 1. The third kappa shape index (κ3) is 8.28. The fourth-order valence-electron chi connectivity index (χ4n) is 2.85. The number of benzene rings is 2. The molecule has 1 aromatic heterocycles. The Kier molecular flexibility index (Phi) is 9.82. The van der Waals surface area contributed by atoms with Gasteiger partial charge in [-0.3, -0.25) is 9.48 Å². The molecule has 3 aromatic rings. The van der Waals surface area contributed by atoms with Crippen molar-refractivity contribution in [3.63, 3.8) is 0 Å². The number of methoxy groups -OCH3 is 1. The summed E-state index contributed by atoms with van der Waals surface area (Å²) in [7, 11) is 1.65. The summed E-state index contributed by atoms with van der Waals surface area (Å²) in [6, 6.07) is 17.3. The number of ether oxygens (including phenoxy) is 1. The van der Waals surface area contributed by atoms with Crippen molar-refractivity contribution in [3.05, 3.63) is 78.1 Å². The van der Waals surface area contributed by atoms with Crippen LogP contribution in [0.1, 0.15) is 11.1 Å². The van der Waals surface area contributed by atoms with Gasteiger partial charge >= 0.3 is 0 Å². The van der Waals surface area contributed by atoms with E-state index in [4.69, 9.17) is 10.5 Å². The summed E-state index contributed by atoms with van der Waals surface area (Å²) in [5.74, 6) is 1.09. The number of hydrogen-bond acceptors (Lipinski definition) is 4. The monoisotopic (exact) mass is 534 g/mol. The lowest BCUT2D eigenvalue weighted by molar-refractivity contribution is -0.116. The molecule has 0 saturated heterocycles. The second-order valence-corrected chi connectivity index (χ2v) is 6.68. The van der Waals surface area contributed by atoms with E-state index in [0.29, 0.717) is 24.7 Å². The Hall–Kier alpha value is -3.08. The number of carbonyl (C=O) groups excluding carboxylic acids is 1. The number of nitrogens with zero attached hydrogens (tertiary/aromatic N) is 3. The zero-order chi connectivity index (χ0) is 21.2. The Bertz CT molecular complexity index is 974. The van der Waals surface area contributed by atoms with Gasteiger partial charge in [-0.25, -0.2) is 4.99 Å². The molecule has 0 aliphatic heterocycles. The minimum absolute atomic E-state index is 0. The minimum atomic E-state index is -0.140. The number of nitrogens with one attached hydrogen (secondary N) is 2. The first-order chi connectivity index (χ1) is 14.6. The normalized spacial score (nSPS) is 10.8. The molecule has 0 unspecified atom stereocenters. The topological polar surface area (TPSA) is 107 Å². The number of amides is 1. The van der Waals surface area contributed by atoms with Crippen molar-refractivity contribution in [2.24, 2.45) is 10.7 Å². The fraction of sp³-hybridized carbons (Fsp3) is 0.227. The zero-order valence-electron chi connectivity index (χ0n) is 17.3. The van der Waals surface area contributed by atoms with E-state index in [0.717, 1.165) is 17.7 Å². The van der Waals surface area contributed by atoms with E-state index >= 15 is 0 Å². The molecule has 3 rings (SSSR count). The SMILES string of the molecule is COc1ccc(CCNC(N)=NCc2cccc(NC(=O)Cn3cccn3)c2)cc1.I. The second-order valence-electron chi connectivity index (χ2n) is 6.68. The van der Waals surface area contributed by atoms with E-state index in [1.54, 1.807) is 30.3 Å². The molecular formula is C22H27IN6O2. The highest BCUT2D eigenvalue weighted by molar-refractivity contribution is 14.0. The Morgan fingerprint density at radius 2 is 1.97 bits per heavy atom. The van der Waals surface area contributed by atoms with Crippen molar-refractivity contribution in [3.8, 4) is 5.75 Å². The van der Waals surface area contributed by atoms with Gasteiger partial charge in [0.25, 0.3) is 0 Å². The van der Waals surface area contributed by atoms with Crippen LogP contribution >= 0.6 is 24.0 Å². The summed E-state index contributed by atoms with van der Waals surface area (Å²) in [6.07, 6.45) is 4.22. The molecule has 8 nitrogen and oxygen atoms in total. The third-order valence-electron chi connectivity index (χ3n) is 4.39. The standard InChI is InChI=1S/C22H26N6O2.HI/c1-30-20-8-6-17(7-9-20)10-12-24-22(23)25-15-18-4-2-5-19(14-18)27-21(29)16-28-13-3-11-26-28;/h2-9,11,13-14H,10,12,15-16H2,1H3,(H,27,29)(H3,23,24,25);1H. The quantitative estimate of drug-likeness (QED) is 0.223. The first-order valence-corrected chi connectivity index (χ1v) is 9.65. The molecule has 0 radical (unpaired) electrons. The molecule has 4 N–H and O–H groups in total. The predicted octanol–water partition coefficient (Wildman–Crippen LogP) is 2.80. The van der Waals surface area contributed by atoms with Crippen LogP contribution < -0.4 is 21.1 Å². The molecule has 1 heterocycles. The molecule has 164 valence electrons. The average Bonchev–Trinajstić information content (AvgIpc) is 3.26. The Balaban J connectivity index is 0.00000341. The van der Waals surface area contributed by atoms with Crippen molar-refractivity contribution in [2.45, 2.75) is 19.5 Å². The van der Waals surface area contributed by atoms with E-state index in [2.05, 4.69) is 20.7 Å². The highest BCUT2D eigenvalue weighted by atomic mass is 127. The number of hydrogen-bond donors (Lipinski definition) is 3. The molecule has 0 atom stereocenters. The highest BCUT2D eigenvalue weighted by Gasteiger charge is 2.04. The largest absolute Gasteiger partial charge is 0.497 e. The van der Waals surface area contributed by atoms with E-state index in [9.17, 15) is 4.79 Å². The van der Waals surface area contributed by atoms with Crippen LogP contribution in [-0.2, 0) is 24.3 Å². The van der Waals surface area contributed by atoms with Gasteiger partial charge in [0.05, 0.1) is 13.7 Å². The Morgan fingerprint density at radius 1 is 1.16 bits per heavy atom. The smallest absolute Gasteiger partial charge is 0.246 e. The first-order valence-electron chi connectivity index (χ1n) is 9.65. The van der Waals surface area contributed by atoms with Crippen molar-refractivity contribution in [1.29, 1.82) is 0 Å². The molecule has 0 aliphatic rings. The van der Waals surface area contributed by atoms with Crippen LogP contribution in [0, 0.1) is 0 Å². The molecule has 0 saturated carbocycles. The molecule has 9 heteroatoms. The molecular weight excluding hydrogens is 507 g/mol. The lowest BCUT2D eigenvalue weighted by atomic mass is 10.1. The molecule has 1 amide bonds. The van der Waals surface area contributed by atoms with Crippen LogP contribution in [0.4, 0.5) is 5.69 Å². The molecule has 0 spiro atoms. The molecule has 0 aliphatic carbocycles. The summed E-state index contributed by atoms with van der Waals surface area (Å²) < 4.78 is 6.73. The van der Waals surface area contributed by atoms with Crippen molar-refractivity contribution >= 4 is 41.5 Å². The van der Waals surface area contributed by atoms with Crippen LogP contribution in [0.15, 0.2) is 72.0 Å². The summed E-state index contributed by atoms with van der Waals surface area (Å²) in [6.45, 7) is 1.27. The minimum Gasteiger partial charge on any atom is -0.497 e. The van der Waals surface area contributed by atoms with Crippen LogP contribution in [0.5, 0.6) is 5.75 Å². The number of anilines is 1. The number of aliphatic imine (C=N–C) groups is 1. The van der Waals surface area contributed by atoms with E-state index in [-0.39, 0.29) is 36.4 Å². The van der Waals surface area contributed by atoms with Crippen molar-refractivity contribution in [1.82, 2.24) is 15.1 Å². The summed E-state index contributed by atoms with van der Waals surface area (Å²) in [4.78, 5) is 16.5. The maximum atomic E-state index is 12.1. The van der Waals surface area contributed by atoms with Gasteiger partial charge in [-0.15, -0.1) is 24.0 Å². The zero-order valence-corrected chi connectivity index (χ0v) is 19.7. The number of carbonyl (C=O) groups is 1. The lowest BCUT2D eigenvalue weighted by Gasteiger charge is -2.08. The number of guanidine groups is 1. The Labute approximate surface area is 198 Å². The summed E-state index contributed by atoms with van der Waals surface area (Å²) in [5, 5.41) is 10.0. The van der Waals surface area contributed by atoms with E-state index in [1.807, 2.05) is 48.5 Å². The van der Waals surface area contributed by atoms with Gasteiger partial charge < -0.3 is 21.1 Å². The maximum Gasteiger partial charge on any atom is 0.246 e. The predicted molar refractivity (Wildman–Crippen MR) is 133 cm³/mol. The molecule has 0 fully saturated rings. The molecule has 2 aromatic carbocycles. The van der Waals surface area contributed by atoms with Gasteiger partial charge in [-0.05, 0) is 47.9 Å². The van der Waals surface area contributed by atoms with Crippen molar-refractivity contribution in [2.75, 3.05) is 19.0 Å². The average molecular weight is 534 g/mol. The summed E-state index contributed by atoms with van der Waals surface area (Å²) in [5.41, 5.74) is 8.82. The molecule has 0 bridgehead atoms. The van der Waals surface area contributed by atoms with Crippen LogP contribution in [0.25, 0.3) is 0 Å². The van der Waals surface area contributed by atoms with Crippen molar-refractivity contribution < 1.29 is 9.53 Å². The number of rotatable bonds is 9. The van der Waals surface area contributed by atoms with Crippen LogP contribution in [0.2, 0.25) is 0 Å². The highest BCUT2D eigenvalue weighted by Crippen LogP contribution is 2.12. The lowest BCUT2D eigenvalue weighted by Crippen LogP contribution is -2.33. The maximum absolute atomic E-state index is 12.1. The van der Waals surface area contributed by atoms with Crippen LogP contribution in [-0.4, -0.2) is 35.3 Å². The number of halogens is 1. The number of aromatic nitrogens is 2. The summed E-state index contributed by atoms with van der Waals surface area (Å²) >= 11 is 0. The fourth-order valence-corrected chi connectivity index (χ4v) is 2.85.